The zero-order chi connectivity index (χ0) is 17.3. The van der Waals surface area contributed by atoms with Gasteiger partial charge in [0.05, 0.1) is 23.3 Å². The predicted octanol–water partition coefficient (Wildman–Crippen LogP) is 3.10. The van der Waals surface area contributed by atoms with Gasteiger partial charge in [-0.2, -0.15) is 13.9 Å². The van der Waals surface area contributed by atoms with Gasteiger partial charge in [0.15, 0.2) is 0 Å². The van der Waals surface area contributed by atoms with Gasteiger partial charge in [0.25, 0.3) is 0 Å². The fourth-order valence-electron chi connectivity index (χ4n) is 2.87. The lowest BCUT2D eigenvalue weighted by Crippen LogP contribution is -2.22. The molecule has 2 aromatic rings. The van der Waals surface area contributed by atoms with Crippen LogP contribution in [0.15, 0.2) is 24.5 Å². The van der Waals surface area contributed by atoms with Crippen LogP contribution in [0.4, 0.5) is 14.5 Å². The Labute approximate surface area is 138 Å². The first-order valence-corrected chi connectivity index (χ1v) is 7.85. The number of pyridine rings is 1. The van der Waals surface area contributed by atoms with Gasteiger partial charge in [0, 0.05) is 23.7 Å². The zero-order valence-corrected chi connectivity index (χ0v) is 13.2. The molecule has 2 bridgehead atoms. The molecule has 0 aliphatic carbocycles. The largest absolute Gasteiger partial charge is 0.333 e. The highest BCUT2D eigenvalue weighted by Gasteiger charge is 2.23. The Morgan fingerprint density at radius 2 is 2.21 bits per heavy atom. The number of aromatic nitrogens is 3. The number of nitrogens with one attached hydrogen (secondary N) is 1. The second kappa shape index (κ2) is 6.64. The van der Waals surface area contributed by atoms with E-state index in [1.54, 1.807) is 19.1 Å². The Morgan fingerprint density at radius 3 is 2.96 bits per heavy atom. The van der Waals surface area contributed by atoms with Gasteiger partial charge in [0.1, 0.15) is 0 Å². The third-order valence-electron chi connectivity index (χ3n) is 4.27. The average Bonchev–Trinajstić information content (AvgIpc) is 2.97. The van der Waals surface area contributed by atoms with Gasteiger partial charge < -0.3 is 11.1 Å². The summed E-state index contributed by atoms with van der Waals surface area (Å²) in [5.74, 6) is -0.459. The van der Waals surface area contributed by atoms with Gasteiger partial charge >= 0.3 is 6.55 Å². The molecular weight excluding hydrogens is 316 g/mol. The highest BCUT2D eigenvalue weighted by molar-refractivity contribution is 5.95. The first-order valence-electron chi connectivity index (χ1n) is 7.85. The van der Waals surface area contributed by atoms with Crippen LogP contribution in [0, 0.1) is 5.92 Å². The van der Waals surface area contributed by atoms with Crippen molar-refractivity contribution in [3.8, 4) is 11.3 Å². The predicted molar refractivity (Wildman–Crippen MR) is 85.3 cm³/mol. The van der Waals surface area contributed by atoms with E-state index in [9.17, 15) is 13.6 Å². The van der Waals surface area contributed by atoms with Crippen LogP contribution in [0.3, 0.4) is 0 Å². The number of alkyl halides is 2. The molecule has 0 spiro atoms. The topological polar surface area (TPSA) is 85.8 Å². The fraction of sp³-hybridized carbons (Fsp3) is 0.438. The first-order chi connectivity index (χ1) is 11.5. The molecule has 2 atom stereocenters. The number of rotatable bonds is 1. The quantitative estimate of drug-likeness (QED) is 0.838. The summed E-state index contributed by atoms with van der Waals surface area (Å²) in [5, 5.41) is 6.44. The van der Waals surface area contributed by atoms with Crippen LogP contribution >= 0.6 is 0 Å². The monoisotopic (exact) mass is 335 g/mol. The fourth-order valence-corrected chi connectivity index (χ4v) is 2.87. The minimum atomic E-state index is -2.82. The van der Waals surface area contributed by atoms with Gasteiger partial charge in [-0.05, 0) is 25.0 Å². The molecular formula is C16H19F2N5O. The normalized spacial score (nSPS) is 21.6. The van der Waals surface area contributed by atoms with E-state index in [4.69, 9.17) is 5.73 Å². The highest BCUT2D eigenvalue weighted by atomic mass is 19.3. The lowest BCUT2D eigenvalue weighted by atomic mass is 9.97. The lowest BCUT2D eigenvalue weighted by molar-refractivity contribution is -0.119. The summed E-state index contributed by atoms with van der Waals surface area (Å²) < 4.78 is 27.2. The van der Waals surface area contributed by atoms with Crippen molar-refractivity contribution >= 4 is 11.6 Å². The Balaban J connectivity index is 2.15. The summed E-state index contributed by atoms with van der Waals surface area (Å²) in [5.41, 5.74) is 7.71. The third-order valence-corrected chi connectivity index (χ3v) is 4.27. The number of carbonyl (C=O) groups excluding carboxylic acids is 1. The van der Waals surface area contributed by atoms with Gasteiger partial charge in [-0.15, -0.1) is 0 Å². The molecule has 0 unspecified atom stereocenters. The summed E-state index contributed by atoms with van der Waals surface area (Å²) in [6.07, 6.45) is 4.91. The second-order valence-corrected chi connectivity index (χ2v) is 6.03. The molecule has 3 rings (SSSR count). The maximum Gasteiger partial charge on any atom is 0.333 e. The van der Waals surface area contributed by atoms with Gasteiger partial charge in [-0.1, -0.05) is 13.3 Å². The van der Waals surface area contributed by atoms with E-state index in [-0.39, 0.29) is 29.2 Å². The van der Waals surface area contributed by atoms with Gasteiger partial charge in [-0.3, -0.25) is 9.78 Å². The lowest BCUT2D eigenvalue weighted by Gasteiger charge is -2.18. The van der Waals surface area contributed by atoms with Gasteiger partial charge in [-0.25, -0.2) is 4.68 Å². The molecule has 3 N–H and O–H groups in total. The third kappa shape index (κ3) is 3.14. The number of amides is 1. The Kier molecular flexibility index (Phi) is 4.57. The number of nitrogens with two attached hydrogens (primary N) is 1. The molecule has 0 radical (unpaired) electrons. The van der Waals surface area contributed by atoms with E-state index >= 15 is 0 Å². The van der Waals surface area contributed by atoms with Crippen molar-refractivity contribution in [2.24, 2.45) is 11.7 Å². The van der Waals surface area contributed by atoms with Crippen LogP contribution in [0.1, 0.15) is 44.5 Å². The van der Waals surface area contributed by atoms with Crippen molar-refractivity contribution in [2.45, 2.75) is 38.8 Å². The Hall–Kier alpha value is -2.35. The van der Waals surface area contributed by atoms with Crippen LogP contribution in [0.25, 0.3) is 11.3 Å². The molecule has 3 heterocycles. The molecule has 1 aliphatic rings. The van der Waals surface area contributed by atoms with Crippen molar-refractivity contribution in [1.82, 2.24) is 14.8 Å². The number of halogens is 2. The first kappa shape index (κ1) is 16.5. The van der Waals surface area contributed by atoms with E-state index in [1.165, 1.54) is 12.4 Å². The Bertz CT molecular complexity index is 746. The summed E-state index contributed by atoms with van der Waals surface area (Å²) in [4.78, 5) is 16.6. The standard InChI is InChI=1S/C16H19F2N5O/c1-9-3-2-4-11(19)12-7-10(5-6-20-12)14-13(22-15(9)24)8-21-23(14)16(17)18/h5-9,11,16H,2-4,19H2,1H3,(H,22,24)/t9-,11+/m1/s1. The van der Waals surface area contributed by atoms with Crippen LogP contribution in [0.5, 0.6) is 0 Å². The maximum absolute atomic E-state index is 13.3. The van der Waals surface area contributed by atoms with Crippen LogP contribution < -0.4 is 11.1 Å². The summed E-state index contributed by atoms with van der Waals surface area (Å²) in [6.45, 7) is -1.01. The smallest absolute Gasteiger partial charge is 0.323 e. The van der Waals surface area contributed by atoms with E-state index in [0.29, 0.717) is 28.8 Å². The van der Waals surface area contributed by atoms with Crippen molar-refractivity contribution in [1.29, 1.82) is 0 Å². The van der Waals surface area contributed by atoms with E-state index in [1.807, 2.05) is 0 Å². The van der Waals surface area contributed by atoms with Crippen molar-refractivity contribution in [3.05, 3.63) is 30.2 Å². The second-order valence-electron chi connectivity index (χ2n) is 6.03. The van der Waals surface area contributed by atoms with Crippen LogP contribution in [-0.4, -0.2) is 20.7 Å². The average molecular weight is 335 g/mol. The van der Waals surface area contributed by atoms with E-state index < -0.39 is 6.55 Å². The SMILES string of the molecule is C[C@@H]1CCC[C@H](N)c2cc(ccn2)-c2c(cnn2C(F)F)NC1=O. The van der Waals surface area contributed by atoms with Crippen molar-refractivity contribution in [3.63, 3.8) is 0 Å². The molecule has 128 valence electrons. The molecule has 6 nitrogen and oxygen atoms in total. The molecule has 0 saturated heterocycles. The Morgan fingerprint density at radius 1 is 1.42 bits per heavy atom. The molecule has 0 fully saturated rings. The molecule has 24 heavy (non-hydrogen) atoms. The number of hydrogen-bond donors (Lipinski definition) is 2. The summed E-state index contributed by atoms with van der Waals surface area (Å²) in [6, 6.07) is 2.99. The molecule has 1 aliphatic heterocycles. The van der Waals surface area contributed by atoms with Gasteiger partial charge in [0.2, 0.25) is 5.91 Å². The van der Waals surface area contributed by atoms with E-state index in [0.717, 1.165) is 6.42 Å². The molecule has 0 saturated carbocycles. The van der Waals surface area contributed by atoms with Crippen molar-refractivity contribution < 1.29 is 13.6 Å². The zero-order valence-electron chi connectivity index (χ0n) is 13.2. The van der Waals surface area contributed by atoms with E-state index in [2.05, 4.69) is 15.4 Å². The molecule has 8 heteroatoms. The minimum Gasteiger partial charge on any atom is -0.323 e. The maximum atomic E-state index is 13.3. The number of hydrogen-bond acceptors (Lipinski definition) is 4. The van der Waals surface area contributed by atoms with Crippen LogP contribution in [-0.2, 0) is 4.79 Å². The number of nitrogens with zero attached hydrogens (tertiary/aromatic N) is 3. The number of anilines is 1. The molecule has 1 amide bonds. The summed E-state index contributed by atoms with van der Waals surface area (Å²) in [7, 11) is 0. The summed E-state index contributed by atoms with van der Waals surface area (Å²) >= 11 is 0. The van der Waals surface area contributed by atoms with Crippen molar-refractivity contribution in [2.75, 3.05) is 5.32 Å². The van der Waals surface area contributed by atoms with Crippen LogP contribution in [0.2, 0.25) is 0 Å². The molecule has 0 aromatic carbocycles. The minimum absolute atomic E-state index is 0.155. The number of carbonyl (C=O) groups is 1. The number of fused-ring (bicyclic) bond motifs is 4. The molecule has 2 aromatic heterocycles. The highest BCUT2D eigenvalue weighted by Crippen LogP contribution is 2.33.